The van der Waals surface area contributed by atoms with Crippen molar-refractivity contribution >= 4 is 40.8 Å². The predicted molar refractivity (Wildman–Crippen MR) is 108 cm³/mol. The topological polar surface area (TPSA) is 73.3 Å². The quantitative estimate of drug-likeness (QED) is 0.619. The maximum atomic E-state index is 12.5. The maximum absolute atomic E-state index is 12.5. The van der Waals surface area contributed by atoms with Crippen LogP contribution in [0.25, 0.3) is 11.0 Å². The molecule has 0 aliphatic carbocycles. The van der Waals surface area contributed by atoms with Gasteiger partial charge in [-0.25, -0.2) is 14.8 Å². The lowest BCUT2D eigenvalue weighted by Gasteiger charge is -2.14. The Hall–Kier alpha value is -2.86. The summed E-state index contributed by atoms with van der Waals surface area (Å²) in [4.78, 5) is 21.3. The lowest BCUT2D eigenvalue weighted by atomic mass is 10.1. The Morgan fingerprint density at radius 1 is 1.22 bits per heavy atom. The second-order valence-electron chi connectivity index (χ2n) is 5.86. The molecule has 27 heavy (non-hydrogen) atoms. The number of carbonyl (C=O) groups excluding carboxylic acids is 1. The molecule has 0 spiro atoms. The third-order valence-electron chi connectivity index (χ3n) is 3.87. The second kappa shape index (κ2) is 9.19. The summed E-state index contributed by atoms with van der Waals surface area (Å²) in [5.41, 5.74) is 3.22. The monoisotopic (exact) mass is 387 g/mol. The third kappa shape index (κ3) is 4.65. The molecule has 0 fully saturated rings. The van der Waals surface area contributed by atoms with E-state index in [0.717, 1.165) is 28.9 Å². The van der Waals surface area contributed by atoms with Crippen LogP contribution >= 0.6 is 12.4 Å². The highest BCUT2D eigenvalue weighted by molar-refractivity contribution is 6.05. The van der Waals surface area contributed by atoms with E-state index >= 15 is 0 Å². The summed E-state index contributed by atoms with van der Waals surface area (Å²) in [7, 11) is 1.61. The van der Waals surface area contributed by atoms with Crippen molar-refractivity contribution in [3.63, 3.8) is 0 Å². The van der Waals surface area contributed by atoms with Crippen molar-refractivity contribution in [2.24, 2.45) is 0 Å². The van der Waals surface area contributed by atoms with Crippen molar-refractivity contribution in [1.29, 1.82) is 0 Å². The molecule has 2 heterocycles. The Balaban J connectivity index is 0.00000261. The highest BCUT2D eigenvalue weighted by Gasteiger charge is 2.18. The van der Waals surface area contributed by atoms with Crippen LogP contribution in [0.2, 0.25) is 0 Å². The molecule has 6 nitrogen and oxygen atoms in total. The van der Waals surface area contributed by atoms with Crippen LogP contribution in [-0.4, -0.2) is 29.7 Å². The van der Waals surface area contributed by atoms with Gasteiger partial charge in [-0.15, -0.1) is 12.4 Å². The number of aromatic nitrogens is 2. The van der Waals surface area contributed by atoms with Gasteiger partial charge >= 0.3 is 5.97 Å². The molecule has 0 amide bonds. The Bertz CT molecular complexity index is 947. The van der Waals surface area contributed by atoms with Crippen molar-refractivity contribution in [2.75, 3.05) is 19.0 Å². The number of esters is 1. The Morgan fingerprint density at radius 2 is 2.04 bits per heavy atom. The molecular weight excluding hydrogens is 366 g/mol. The highest BCUT2D eigenvalue weighted by Crippen LogP contribution is 2.30. The van der Waals surface area contributed by atoms with E-state index in [0.29, 0.717) is 23.5 Å². The van der Waals surface area contributed by atoms with Crippen LogP contribution in [0.1, 0.15) is 29.4 Å². The van der Waals surface area contributed by atoms with Crippen LogP contribution in [0.3, 0.4) is 0 Å². The average Bonchev–Trinajstić information content (AvgIpc) is 2.66. The minimum absolute atomic E-state index is 0. The number of hydrogen-bond acceptors (Lipinski definition) is 6. The van der Waals surface area contributed by atoms with E-state index < -0.39 is 5.97 Å². The second-order valence-corrected chi connectivity index (χ2v) is 5.86. The molecule has 0 bridgehead atoms. The highest BCUT2D eigenvalue weighted by atomic mass is 35.5. The van der Waals surface area contributed by atoms with Crippen LogP contribution in [-0.2, 0) is 4.74 Å². The number of hydrogen-bond donors (Lipinski definition) is 1. The molecule has 0 radical (unpaired) electrons. The zero-order chi connectivity index (χ0) is 18.5. The minimum atomic E-state index is -0.410. The van der Waals surface area contributed by atoms with Crippen molar-refractivity contribution in [3.05, 3.63) is 53.9 Å². The minimum Gasteiger partial charge on any atom is -0.497 e. The maximum Gasteiger partial charge on any atom is 0.341 e. The molecule has 1 aromatic carbocycles. The first kappa shape index (κ1) is 20.5. The predicted octanol–water partition coefficient (Wildman–Crippen LogP) is 4.68. The number of aryl methyl sites for hydroxylation is 1. The standard InChI is InChI=1S/C20H21N3O3.ClH/c1-4-10-26-20(24)17-12-21-19-16(9-8-13(2)22-19)18(17)23-14-6-5-7-15(11-14)25-3;/h5-9,11-12H,4,10H2,1-3H3,(H,21,22,23);1H. The number of pyridine rings is 2. The SMILES string of the molecule is CCCOC(=O)c1cnc2nc(C)ccc2c1Nc1cccc(OC)c1.Cl. The summed E-state index contributed by atoms with van der Waals surface area (Å²) in [6, 6.07) is 11.3. The zero-order valence-electron chi connectivity index (χ0n) is 15.5. The molecular formula is C20H22ClN3O3. The van der Waals surface area contributed by atoms with Gasteiger partial charge in [-0.1, -0.05) is 13.0 Å². The lowest BCUT2D eigenvalue weighted by Crippen LogP contribution is -2.10. The number of nitrogens with zero attached hydrogens (tertiary/aromatic N) is 2. The van der Waals surface area contributed by atoms with Crippen LogP contribution in [0.4, 0.5) is 11.4 Å². The average molecular weight is 388 g/mol. The molecule has 0 unspecified atom stereocenters. The van der Waals surface area contributed by atoms with E-state index in [-0.39, 0.29) is 12.4 Å². The molecule has 0 aliphatic heterocycles. The number of carbonyl (C=O) groups is 1. The first-order chi connectivity index (χ1) is 12.6. The molecule has 3 rings (SSSR count). The number of ether oxygens (including phenoxy) is 2. The van der Waals surface area contributed by atoms with Crippen molar-refractivity contribution in [3.8, 4) is 5.75 Å². The number of nitrogens with one attached hydrogen (secondary N) is 1. The number of halogens is 1. The summed E-state index contributed by atoms with van der Waals surface area (Å²) in [6.07, 6.45) is 2.27. The van der Waals surface area contributed by atoms with Gasteiger partial charge in [0.2, 0.25) is 0 Å². The van der Waals surface area contributed by atoms with Gasteiger partial charge in [0.05, 0.1) is 19.4 Å². The van der Waals surface area contributed by atoms with Crippen LogP contribution in [0.5, 0.6) is 5.75 Å². The summed E-state index contributed by atoms with van der Waals surface area (Å²) < 4.78 is 10.6. The fourth-order valence-electron chi connectivity index (χ4n) is 2.58. The van der Waals surface area contributed by atoms with Gasteiger partial charge < -0.3 is 14.8 Å². The number of benzene rings is 1. The normalized spacial score (nSPS) is 10.2. The smallest absolute Gasteiger partial charge is 0.341 e. The van der Waals surface area contributed by atoms with E-state index in [2.05, 4.69) is 15.3 Å². The summed E-state index contributed by atoms with van der Waals surface area (Å²) in [6.45, 7) is 4.22. The number of anilines is 2. The number of methoxy groups -OCH3 is 1. The molecule has 7 heteroatoms. The van der Waals surface area contributed by atoms with Crippen LogP contribution in [0, 0.1) is 6.92 Å². The van der Waals surface area contributed by atoms with E-state index in [4.69, 9.17) is 9.47 Å². The molecule has 3 aromatic rings. The molecule has 0 aliphatic rings. The lowest BCUT2D eigenvalue weighted by molar-refractivity contribution is 0.0506. The van der Waals surface area contributed by atoms with Gasteiger partial charge in [0.1, 0.15) is 11.3 Å². The van der Waals surface area contributed by atoms with Crippen molar-refractivity contribution in [1.82, 2.24) is 9.97 Å². The van der Waals surface area contributed by atoms with Crippen LogP contribution in [0.15, 0.2) is 42.6 Å². The molecule has 0 saturated carbocycles. The fraction of sp³-hybridized carbons (Fsp3) is 0.250. The molecule has 0 atom stereocenters. The Labute approximate surface area is 164 Å². The van der Waals surface area contributed by atoms with Crippen molar-refractivity contribution < 1.29 is 14.3 Å². The largest absolute Gasteiger partial charge is 0.497 e. The van der Waals surface area contributed by atoms with Gasteiger partial charge in [0.25, 0.3) is 0 Å². The van der Waals surface area contributed by atoms with Crippen molar-refractivity contribution in [2.45, 2.75) is 20.3 Å². The zero-order valence-corrected chi connectivity index (χ0v) is 16.3. The summed E-state index contributed by atoms with van der Waals surface area (Å²) in [5.74, 6) is 0.310. The summed E-state index contributed by atoms with van der Waals surface area (Å²) in [5, 5.41) is 4.06. The molecule has 2 aromatic heterocycles. The molecule has 0 saturated heterocycles. The van der Waals surface area contributed by atoms with Gasteiger partial charge in [-0.05, 0) is 37.6 Å². The van der Waals surface area contributed by atoms with E-state index in [1.807, 2.05) is 50.2 Å². The van der Waals surface area contributed by atoms with E-state index in [1.54, 1.807) is 7.11 Å². The van der Waals surface area contributed by atoms with Gasteiger partial charge in [0, 0.05) is 29.0 Å². The Morgan fingerprint density at radius 3 is 2.78 bits per heavy atom. The van der Waals surface area contributed by atoms with Crippen LogP contribution < -0.4 is 10.1 Å². The van der Waals surface area contributed by atoms with Gasteiger partial charge in [-0.3, -0.25) is 0 Å². The fourth-order valence-corrected chi connectivity index (χ4v) is 2.58. The van der Waals surface area contributed by atoms with E-state index in [1.165, 1.54) is 6.20 Å². The van der Waals surface area contributed by atoms with Gasteiger partial charge in [0.15, 0.2) is 5.65 Å². The number of rotatable bonds is 6. The number of fused-ring (bicyclic) bond motifs is 1. The van der Waals surface area contributed by atoms with E-state index in [9.17, 15) is 4.79 Å². The molecule has 142 valence electrons. The first-order valence-electron chi connectivity index (χ1n) is 8.47. The van der Waals surface area contributed by atoms with Gasteiger partial charge in [-0.2, -0.15) is 0 Å². The Kier molecular flexibility index (Phi) is 6.96. The molecule has 1 N–H and O–H groups in total. The third-order valence-corrected chi connectivity index (χ3v) is 3.87. The summed E-state index contributed by atoms with van der Waals surface area (Å²) >= 11 is 0. The first-order valence-corrected chi connectivity index (χ1v) is 8.47.